The summed E-state index contributed by atoms with van der Waals surface area (Å²) in [6, 6.07) is 8.18. The molecule has 0 bridgehead atoms. The molecule has 0 saturated carbocycles. The van der Waals surface area contributed by atoms with E-state index in [-0.39, 0.29) is 12.0 Å². The second-order valence-electron chi connectivity index (χ2n) is 8.18. The molecular formula is C23H35N3O2. The lowest BCUT2D eigenvalue weighted by atomic mass is 10.1. The van der Waals surface area contributed by atoms with Gasteiger partial charge in [-0.2, -0.15) is 5.10 Å². The molecule has 1 aromatic carbocycles. The van der Waals surface area contributed by atoms with Gasteiger partial charge in [0.05, 0.1) is 18.4 Å². The maximum absolute atomic E-state index is 12.3. The Hall–Kier alpha value is -2.14. The third-order valence-corrected chi connectivity index (χ3v) is 4.74. The van der Waals surface area contributed by atoms with Crippen LogP contribution in [0.25, 0.3) is 0 Å². The van der Waals surface area contributed by atoms with E-state index in [0.29, 0.717) is 25.5 Å². The van der Waals surface area contributed by atoms with E-state index < -0.39 is 0 Å². The zero-order valence-corrected chi connectivity index (χ0v) is 18.2. The average molecular weight is 386 g/mol. The Kier molecular flexibility index (Phi) is 8.24. The standard InChI is InChI=1S/C23H35N3O2/c1-16(2)14-26-19(6)22(18(5)25-26)10-11-23(27)24-13-20-8-7-9-21(12-20)15-28-17(3)4/h7-9,12,16-17H,10-11,13-15H2,1-6H3,(H,24,27). The van der Waals surface area contributed by atoms with Crippen LogP contribution in [0.3, 0.4) is 0 Å². The quantitative estimate of drug-likeness (QED) is 0.662. The summed E-state index contributed by atoms with van der Waals surface area (Å²) in [5, 5.41) is 7.67. The van der Waals surface area contributed by atoms with Crippen LogP contribution in [-0.2, 0) is 35.6 Å². The third kappa shape index (κ3) is 6.79. The molecule has 1 aromatic heterocycles. The first kappa shape index (κ1) is 22.2. The molecule has 154 valence electrons. The average Bonchev–Trinajstić information content (AvgIpc) is 2.89. The summed E-state index contributed by atoms with van der Waals surface area (Å²) in [7, 11) is 0. The van der Waals surface area contributed by atoms with E-state index in [2.05, 4.69) is 41.9 Å². The van der Waals surface area contributed by atoms with Gasteiger partial charge in [0.25, 0.3) is 0 Å². The molecule has 1 amide bonds. The van der Waals surface area contributed by atoms with E-state index in [4.69, 9.17) is 4.74 Å². The van der Waals surface area contributed by atoms with Crippen molar-refractivity contribution in [1.29, 1.82) is 0 Å². The number of nitrogens with zero attached hydrogens (tertiary/aromatic N) is 2. The zero-order valence-electron chi connectivity index (χ0n) is 18.2. The van der Waals surface area contributed by atoms with Crippen LogP contribution in [0.15, 0.2) is 24.3 Å². The highest BCUT2D eigenvalue weighted by molar-refractivity contribution is 5.76. The number of carbonyl (C=O) groups is 1. The van der Waals surface area contributed by atoms with Gasteiger partial charge in [0, 0.05) is 25.2 Å². The molecule has 0 saturated heterocycles. The minimum Gasteiger partial charge on any atom is -0.374 e. The van der Waals surface area contributed by atoms with E-state index in [0.717, 1.165) is 29.8 Å². The molecular weight excluding hydrogens is 350 g/mol. The van der Waals surface area contributed by atoms with Gasteiger partial charge in [0.15, 0.2) is 0 Å². The second-order valence-corrected chi connectivity index (χ2v) is 8.18. The molecule has 1 N–H and O–H groups in total. The van der Waals surface area contributed by atoms with Gasteiger partial charge >= 0.3 is 0 Å². The SMILES string of the molecule is Cc1nn(CC(C)C)c(C)c1CCC(=O)NCc1cccc(COC(C)C)c1. The van der Waals surface area contributed by atoms with Gasteiger partial charge in [-0.25, -0.2) is 0 Å². The second kappa shape index (κ2) is 10.4. The Morgan fingerprint density at radius 2 is 1.89 bits per heavy atom. The maximum atomic E-state index is 12.3. The van der Waals surface area contributed by atoms with Crippen molar-refractivity contribution in [2.45, 2.75) is 80.2 Å². The minimum atomic E-state index is 0.0687. The highest BCUT2D eigenvalue weighted by Crippen LogP contribution is 2.16. The molecule has 0 radical (unpaired) electrons. The van der Waals surface area contributed by atoms with E-state index in [1.165, 1.54) is 11.3 Å². The van der Waals surface area contributed by atoms with E-state index >= 15 is 0 Å². The fourth-order valence-electron chi connectivity index (χ4n) is 3.24. The van der Waals surface area contributed by atoms with Crippen LogP contribution in [0, 0.1) is 19.8 Å². The predicted molar refractivity (Wildman–Crippen MR) is 113 cm³/mol. The fourth-order valence-corrected chi connectivity index (χ4v) is 3.24. The van der Waals surface area contributed by atoms with E-state index in [9.17, 15) is 4.79 Å². The van der Waals surface area contributed by atoms with Crippen molar-refractivity contribution in [3.8, 4) is 0 Å². The first-order valence-corrected chi connectivity index (χ1v) is 10.2. The highest BCUT2D eigenvalue weighted by atomic mass is 16.5. The number of aromatic nitrogens is 2. The summed E-state index contributed by atoms with van der Waals surface area (Å²) in [4.78, 5) is 12.3. The van der Waals surface area contributed by atoms with Gasteiger partial charge in [-0.15, -0.1) is 0 Å². The Morgan fingerprint density at radius 3 is 2.57 bits per heavy atom. The fraction of sp³-hybridized carbons (Fsp3) is 0.565. The summed E-state index contributed by atoms with van der Waals surface area (Å²) < 4.78 is 7.72. The Bertz CT molecular complexity index is 778. The van der Waals surface area contributed by atoms with Gasteiger partial charge in [-0.1, -0.05) is 38.1 Å². The van der Waals surface area contributed by atoms with Crippen LogP contribution in [0.1, 0.15) is 62.2 Å². The van der Waals surface area contributed by atoms with Crippen molar-refractivity contribution in [2.75, 3.05) is 0 Å². The highest BCUT2D eigenvalue weighted by Gasteiger charge is 2.13. The number of carbonyl (C=O) groups excluding carboxylic acids is 1. The Balaban J connectivity index is 1.85. The zero-order chi connectivity index (χ0) is 20.7. The molecule has 0 unspecified atom stereocenters. The third-order valence-electron chi connectivity index (χ3n) is 4.74. The molecule has 28 heavy (non-hydrogen) atoms. The predicted octanol–water partition coefficient (Wildman–Crippen LogP) is 4.33. The van der Waals surface area contributed by atoms with Crippen LogP contribution in [0.2, 0.25) is 0 Å². The molecule has 5 nitrogen and oxygen atoms in total. The van der Waals surface area contributed by atoms with Crippen molar-refractivity contribution in [3.63, 3.8) is 0 Å². The number of rotatable bonds is 10. The van der Waals surface area contributed by atoms with Crippen LogP contribution >= 0.6 is 0 Å². The van der Waals surface area contributed by atoms with Crippen LogP contribution in [0.5, 0.6) is 0 Å². The van der Waals surface area contributed by atoms with Crippen molar-refractivity contribution < 1.29 is 9.53 Å². The molecule has 5 heteroatoms. The molecule has 2 aromatic rings. The van der Waals surface area contributed by atoms with Crippen molar-refractivity contribution in [1.82, 2.24) is 15.1 Å². The van der Waals surface area contributed by atoms with Crippen LogP contribution in [0.4, 0.5) is 0 Å². The van der Waals surface area contributed by atoms with E-state index in [1.807, 2.05) is 39.0 Å². The summed E-state index contributed by atoms with van der Waals surface area (Å²) in [6.45, 7) is 14.6. The van der Waals surface area contributed by atoms with Gasteiger partial charge < -0.3 is 10.1 Å². The van der Waals surface area contributed by atoms with Crippen LogP contribution < -0.4 is 5.32 Å². The monoisotopic (exact) mass is 385 g/mol. The lowest BCUT2D eigenvalue weighted by Crippen LogP contribution is -2.23. The first-order valence-electron chi connectivity index (χ1n) is 10.2. The molecule has 1 heterocycles. The maximum Gasteiger partial charge on any atom is 0.220 e. The Morgan fingerprint density at radius 1 is 1.18 bits per heavy atom. The van der Waals surface area contributed by atoms with Gasteiger partial charge in [-0.3, -0.25) is 9.48 Å². The lowest BCUT2D eigenvalue weighted by molar-refractivity contribution is -0.121. The Labute approximate surface area is 169 Å². The molecule has 2 rings (SSSR count). The van der Waals surface area contributed by atoms with Crippen molar-refractivity contribution in [3.05, 3.63) is 52.3 Å². The molecule has 0 aliphatic carbocycles. The largest absolute Gasteiger partial charge is 0.374 e. The van der Waals surface area contributed by atoms with E-state index in [1.54, 1.807) is 0 Å². The van der Waals surface area contributed by atoms with Gasteiger partial charge in [0.2, 0.25) is 5.91 Å². The summed E-state index contributed by atoms with van der Waals surface area (Å²) in [6.07, 6.45) is 1.41. The number of hydrogen-bond acceptors (Lipinski definition) is 3. The minimum absolute atomic E-state index is 0.0687. The van der Waals surface area contributed by atoms with Gasteiger partial charge in [0.1, 0.15) is 0 Å². The lowest BCUT2D eigenvalue weighted by Gasteiger charge is -2.10. The number of ether oxygens (including phenoxy) is 1. The van der Waals surface area contributed by atoms with Crippen molar-refractivity contribution >= 4 is 5.91 Å². The number of aryl methyl sites for hydroxylation is 1. The molecule has 0 fully saturated rings. The normalized spacial score (nSPS) is 11.4. The molecule has 0 spiro atoms. The summed E-state index contributed by atoms with van der Waals surface area (Å²) in [5.74, 6) is 0.620. The number of benzene rings is 1. The van der Waals surface area contributed by atoms with Crippen molar-refractivity contribution in [2.24, 2.45) is 5.92 Å². The number of hydrogen-bond donors (Lipinski definition) is 1. The first-order chi connectivity index (χ1) is 13.3. The molecule has 0 aliphatic rings. The van der Waals surface area contributed by atoms with Crippen LogP contribution in [-0.4, -0.2) is 21.8 Å². The smallest absolute Gasteiger partial charge is 0.220 e. The molecule has 0 aliphatic heterocycles. The molecule has 0 atom stereocenters. The summed E-state index contributed by atoms with van der Waals surface area (Å²) >= 11 is 0. The van der Waals surface area contributed by atoms with Gasteiger partial charge in [-0.05, 0) is 56.7 Å². The summed E-state index contributed by atoms with van der Waals surface area (Å²) in [5.41, 5.74) is 5.63. The topological polar surface area (TPSA) is 56.2 Å². The number of amides is 1. The number of nitrogens with one attached hydrogen (secondary N) is 1.